The van der Waals surface area contributed by atoms with Gasteiger partial charge in [0.2, 0.25) is 11.5 Å². The van der Waals surface area contributed by atoms with Crippen LogP contribution in [0.25, 0.3) is 0 Å². The van der Waals surface area contributed by atoms with Crippen molar-refractivity contribution in [3.8, 4) is 5.88 Å². The predicted molar refractivity (Wildman–Crippen MR) is 102 cm³/mol. The van der Waals surface area contributed by atoms with Crippen molar-refractivity contribution in [1.29, 1.82) is 0 Å². The maximum Gasteiger partial charge on any atom is 0.425 e. The monoisotopic (exact) mass is 378 g/mol. The first-order chi connectivity index (χ1) is 12.2. The molecular formula is C17H25N5O3P+. The number of rotatable bonds is 5. The average Bonchev–Trinajstić information content (AvgIpc) is 3.01. The fraction of sp³-hybridized carbons (Fsp3) is 0.412. The molecule has 0 radical (unpaired) electrons. The third-order valence-corrected chi connectivity index (χ3v) is 6.94. The molecule has 2 atom stereocenters. The predicted octanol–water partition coefficient (Wildman–Crippen LogP) is 3.21. The number of aryl methyl sites for hydroxylation is 3. The lowest BCUT2D eigenvalue weighted by atomic mass is 10.2. The van der Waals surface area contributed by atoms with Crippen LogP contribution in [0.3, 0.4) is 0 Å². The summed E-state index contributed by atoms with van der Waals surface area (Å²) in [6, 6.07) is 3.89. The van der Waals surface area contributed by atoms with Crippen LogP contribution in [0.2, 0.25) is 0 Å². The van der Waals surface area contributed by atoms with E-state index in [1.807, 2.05) is 39.8 Å². The molecular weight excluding hydrogens is 353 g/mol. The molecule has 1 aliphatic rings. The maximum absolute atomic E-state index is 11.2. The van der Waals surface area contributed by atoms with E-state index in [1.54, 1.807) is 6.92 Å². The fourth-order valence-corrected chi connectivity index (χ4v) is 5.17. The largest absolute Gasteiger partial charge is 0.492 e. The number of aromatic hydroxyl groups is 1. The summed E-state index contributed by atoms with van der Waals surface area (Å²) in [7, 11) is -3.04. The van der Waals surface area contributed by atoms with Crippen LogP contribution in [0.5, 0.6) is 5.88 Å². The van der Waals surface area contributed by atoms with Gasteiger partial charge in [-0.3, -0.25) is 9.51 Å². The van der Waals surface area contributed by atoms with E-state index < -0.39 is 13.5 Å². The summed E-state index contributed by atoms with van der Waals surface area (Å²) in [5, 5.41) is 16.3. The number of allylic oxidation sites excluding steroid dienone is 2. The topological polar surface area (TPSA) is 115 Å². The lowest BCUT2D eigenvalue weighted by Gasteiger charge is -2.22. The molecule has 5 N–H and O–H groups in total. The van der Waals surface area contributed by atoms with E-state index in [9.17, 15) is 10.00 Å². The number of hydrogen-bond donors (Lipinski definition) is 5. The maximum atomic E-state index is 11.2. The van der Waals surface area contributed by atoms with Crippen LogP contribution in [0.1, 0.15) is 42.4 Å². The van der Waals surface area contributed by atoms with E-state index in [0.717, 1.165) is 22.8 Å². The second-order valence-corrected chi connectivity index (χ2v) is 8.84. The number of aromatic amines is 1. The van der Waals surface area contributed by atoms with Gasteiger partial charge in [0.1, 0.15) is 0 Å². The molecule has 0 aromatic carbocycles. The van der Waals surface area contributed by atoms with E-state index in [0.29, 0.717) is 23.8 Å². The minimum Gasteiger partial charge on any atom is -0.492 e. The summed E-state index contributed by atoms with van der Waals surface area (Å²) in [4.78, 5) is 22.8. The van der Waals surface area contributed by atoms with Crippen molar-refractivity contribution < 1.29 is 14.5 Å². The van der Waals surface area contributed by atoms with E-state index in [-0.39, 0.29) is 5.88 Å². The first kappa shape index (κ1) is 18.5. The van der Waals surface area contributed by atoms with E-state index in [1.165, 1.54) is 0 Å². The molecule has 140 valence electrons. The molecule has 9 heteroatoms. The van der Waals surface area contributed by atoms with Crippen LogP contribution in [0.15, 0.2) is 23.6 Å². The van der Waals surface area contributed by atoms with Crippen LogP contribution in [-0.2, 0) is 4.52 Å². The zero-order chi connectivity index (χ0) is 19.1. The lowest BCUT2D eigenvalue weighted by Crippen LogP contribution is -2.23. The Hall–Kier alpha value is -2.31. The molecule has 1 aliphatic heterocycles. The summed E-state index contributed by atoms with van der Waals surface area (Å²) >= 11 is 0. The van der Waals surface area contributed by atoms with Gasteiger partial charge < -0.3 is 15.4 Å². The van der Waals surface area contributed by atoms with Crippen molar-refractivity contribution in [2.75, 3.05) is 11.9 Å². The third kappa shape index (κ3) is 3.48. The molecule has 0 fully saturated rings. The number of pyridine rings is 1. The fourth-order valence-electron chi connectivity index (χ4n) is 2.86. The van der Waals surface area contributed by atoms with Crippen LogP contribution >= 0.6 is 7.87 Å². The lowest BCUT2D eigenvalue weighted by molar-refractivity contribution is 0.374. The van der Waals surface area contributed by atoms with Gasteiger partial charge >= 0.3 is 7.87 Å². The highest BCUT2D eigenvalue weighted by Gasteiger charge is 2.56. The van der Waals surface area contributed by atoms with Gasteiger partial charge in [-0.2, -0.15) is 9.88 Å². The third-order valence-electron chi connectivity index (χ3n) is 4.46. The molecule has 26 heavy (non-hydrogen) atoms. The highest BCUT2D eigenvalue weighted by Crippen LogP contribution is 2.68. The van der Waals surface area contributed by atoms with Gasteiger partial charge in [-0.15, -0.1) is 0 Å². The van der Waals surface area contributed by atoms with E-state index in [2.05, 4.69) is 25.4 Å². The number of imidazole rings is 1. The zero-order valence-corrected chi connectivity index (χ0v) is 16.5. The molecule has 0 bridgehead atoms. The summed E-state index contributed by atoms with van der Waals surface area (Å²) in [6.45, 7) is 9.62. The number of aromatic nitrogens is 3. The molecule has 2 aromatic rings. The molecule has 2 unspecified atom stereocenters. The Morgan fingerprint density at radius 1 is 1.19 bits per heavy atom. The molecule has 2 aromatic heterocycles. The van der Waals surface area contributed by atoms with Gasteiger partial charge in [-0.25, -0.2) is 5.09 Å². The quantitative estimate of drug-likeness (QED) is 0.507. The molecule has 3 rings (SSSR count). The number of hydrogen-bond acceptors (Lipinski definition) is 7. The van der Waals surface area contributed by atoms with Crippen molar-refractivity contribution in [3.63, 3.8) is 0 Å². The van der Waals surface area contributed by atoms with Crippen LogP contribution < -0.4 is 10.4 Å². The van der Waals surface area contributed by atoms with Gasteiger partial charge in [0.15, 0.2) is 11.6 Å². The number of anilines is 1. The standard InChI is InChI=1S/C17H24N5O3P/c1-9-6-7-14(11(3)19-9)18-8-15(16-20-12(4)17(23)21-16)26(24)22-10(2)13(5)25-26/h6-7,15,18,22,24H,8H2,1-5H3,(H-,20,21,23)/p+1. The summed E-state index contributed by atoms with van der Waals surface area (Å²) in [6.07, 6.45) is 0. The van der Waals surface area contributed by atoms with Crippen LogP contribution in [-0.4, -0.2) is 31.5 Å². The molecule has 0 saturated heterocycles. The highest BCUT2D eigenvalue weighted by molar-refractivity contribution is 7.64. The Kier molecular flexibility index (Phi) is 4.82. The molecule has 0 aliphatic carbocycles. The van der Waals surface area contributed by atoms with Crippen molar-refractivity contribution in [3.05, 3.63) is 46.5 Å². The summed E-state index contributed by atoms with van der Waals surface area (Å²) in [5.41, 5.74) is 3.53. The van der Waals surface area contributed by atoms with Crippen molar-refractivity contribution in [2.24, 2.45) is 0 Å². The Balaban J connectivity index is 1.88. The van der Waals surface area contributed by atoms with E-state index >= 15 is 0 Å². The summed E-state index contributed by atoms with van der Waals surface area (Å²) in [5.74, 6) is 1.05. The second-order valence-electron chi connectivity index (χ2n) is 6.56. The summed E-state index contributed by atoms with van der Waals surface area (Å²) < 4.78 is 5.80. The smallest absolute Gasteiger partial charge is 0.425 e. The average molecular weight is 378 g/mol. The normalized spacial score (nSPS) is 20.7. The Morgan fingerprint density at radius 2 is 1.92 bits per heavy atom. The zero-order valence-electron chi connectivity index (χ0n) is 15.6. The van der Waals surface area contributed by atoms with Gasteiger partial charge in [0, 0.05) is 12.6 Å². The molecule has 0 amide bonds. The number of H-pyrrole nitrogens is 1. The SMILES string of the molecule is CC1=C(C)O[P+](O)(C(CNc2ccc(C)nc2C)c2nc(O)c(C)[nH]2)N1. The van der Waals surface area contributed by atoms with Gasteiger partial charge in [0.05, 0.1) is 29.3 Å². The van der Waals surface area contributed by atoms with Gasteiger partial charge in [-0.05, 0) is 39.8 Å². The van der Waals surface area contributed by atoms with E-state index in [4.69, 9.17) is 4.52 Å². The molecule has 3 heterocycles. The molecule has 0 spiro atoms. The molecule has 0 saturated carbocycles. The highest BCUT2D eigenvalue weighted by atomic mass is 31.2. The Bertz CT molecular complexity index is 831. The minimum atomic E-state index is -3.04. The minimum absolute atomic E-state index is 0.0783. The van der Waals surface area contributed by atoms with Gasteiger partial charge in [-0.1, -0.05) is 0 Å². The Labute approximate surface area is 153 Å². The van der Waals surface area contributed by atoms with Crippen molar-refractivity contribution >= 4 is 13.6 Å². The number of nitrogens with zero attached hydrogens (tertiary/aromatic N) is 2. The van der Waals surface area contributed by atoms with Crippen molar-refractivity contribution in [1.82, 2.24) is 20.0 Å². The van der Waals surface area contributed by atoms with Crippen molar-refractivity contribution in [2.45, 2.75) is 40.3 Å². The van der Waals surface area contributed by atoms with Crippen LogP contribution in [0, 0.1) is 20.8 Å². The first-order valence-corrected chi connectivity index (χ1v) is 10.1. The molecule has 8 nitrogen and oxygen atoms in total. The Morgan fingerprint density at radius 3 is 2.46 bits per heavy atom. The van der Waals surface area contributed by atoms with Crippen LogP contribution in [0.4, 0.5) is 5.69 Å². The first-order valence-electron chi connectivity index (χ1n) is 8.40. The second kappa shape index (κ2) is 6.78. The van der Waals surface area contributed by atoms with Gasteiger partial charge in [0.25, 0.3) is 0 Å². The number of nitrogens with one attached hydrogen (secondary N) is 3.